The fraction of sp³-hybridized carbons (Fsp3) is 0.562. The average Bonchev–Trinajstić information content (AvgIpc) is 3.33. The molecule has 1 amide bonds. The number of unbranched alkanes of at least 4 members (excludes halogenated alkanes) is 1. The first kappa shape index (κ1) is 36.2. The number of carbonyl (C=O) groups is 1. The van der Waals surface area contributed by atoms with Gasteiger partial charge >= 0.3 is 0 Å². The van der Waals surface area contributed by atoms with E-state index in [2.05, 4.69) is 39.5 Å². The molecular weight excluding hydrogens is 595 g/mol. The Labute approximate surface area is 268 Å². The highest BCUT2D eigenvalue weighted by atomic mass is 35.5. The molecular formula is C32H47Cl3N4O3. The molecule has 1 aromatic heterocycles. The molecule has 2 aliphatic heterocycles. The Kier molecular flexibility index (Phi) is 15.4. The molecule has 42 heavy (non-hydrogen) atoms. The zero-order valence-electron chi connectivity index (χ0n) is 24.7. The van der Waals surface area contributed by atoms with Crippen LogP contribution in [0.1, 0.15) is 75.6 Å². The summed E-state index contributed by atoms with van der Waals surface area (Å²) in [6.45, 7) is 7.85. The van der Waals surface area contributed by atoms with Crippen LogP contribution in [0.2, 0.25) is 5.02 Å². The van der Waals surface area contributed by atoms with E-state index in [-0.39, 0.29) is 30.3 Å². The van der Waals surface area contributed by atoms with Crippen molar-refractivity contribution in [1.29, 1.82) is 0 Å². The number of carbonyl (C=O) groups excluding carboxylic acids is 1. The second-order valence-corrected chi connectivity index (χ2v) is 11.7. The molecule has 1 atom stereocenters. The van der Waals surface area contributed by atoms with Gasteiger partial charge in [-0.05, 0) is 107 Å². The molecule has 0 bridgehead atoms. The number of amides is 1. The van der Waals surface area contributed by atoms with E-state index < -0.39 is 0 Å². The summed E-state index contributed by atoms with van der Waals surface area (Å²) in [5, 5.41) is 0.692. The fourth-order valence-corrected chi connectivity index (χ4v) is 6.33. The molecule has 3 aromatic rings. The number of likely N-dealkylation sites (tertiary alicyclic amines) is 2. The molecule has 0 spiro atoms. The van der Waals surface area contributed by atoms with Crippen molar-refractivity contribution < 1.29 is 15.0 Å². The van der Waals surface area contributed by atoms with Crippen molar-refractivity contribution >= 4 is 53.4 Å². The molecule has 0 unspecified atom stereocenters. The van der Waals surface area contributed by atoms with Crippen LogP contribution < -0.4 is 4.74 Å². The van der Waals surface area contributed by atoms with Crippen molar-refractivity contribution in [2.75, 3.05) is 26.2 Å². The van der Waals surface area contributed by atoms with Crippen molar-refractivity contribution in [2.45, 2.75) is 90.3 Å². The number of ether oxygens (including phenoxy) is 1. The van der Waals surface area contributed by atoms with E-state index in [0.29, 0.717) is 30.0 Å². The van der Waals surface area contributed by atoms with Crippen molar-refractivity contribution in [3.8, 4) is 5.75 Å². The topological polar surface area (TPSA) is 82.1 Å². The Morgan fingerprint density at radius 2 is 1.69 bits per heavy atom. The zero-order chi connectivity index (χ0) is 27.0. The second kappa shape index (κ2) is 17.9. The molecule has 234 valence electrons. The average molecular weight is 642 g/mol. The maximum absolute atomic E-state index is 13.3. The van der Waals surface area contributed by atoms with Crippen molar-refractivity contribution in [2.24, 2.45) is 0 Å². The predicted molar refractivity (Wildman–Crippen MR) is 176 cm³/mol. The third-order valence-electron chi connectivity index (χ3n) is 8.44. The van der Waals surface area contributed by atoms with E-state index in [0.717, 1.165) is 79.9 Å². The van der Waals surface area contributed by atoms with Gasteiger partial charge in [-0.2, -0.15) is 0 Å². The maximum Gasteiger partial charge on any atom is 0.222 e. The Morgan fingerprint density at radius 3 is 2.45 bits per heavy atom. The Hall–Kier alpha value is -2.03. The standard InChI is InChI=1S/C32H43ClN4O2.2ClH.H2O/c1-25-10-9-12-29-32(25)34-30(24-39-28-16-14-26(33)15-17-28)37(29)22-8-4-13-31(38)36-21-7-3-11-27(36)18-23-35-19-5-2-6-20-35;;;/h9-10,12,14-17,27H,2-8,11,13,18-24H2,1H3;2*1H;1H2/t27-;;;/m0.../s1. The van der Waals surface area contributed by atoms with E-state index in [1.807, 2.05) is 24.3 Å². The van der Waals surface area contributed by atoms with Gasteiger partial charge in [-0.3, -0.25) is 4.79 Å². The minimum atomic E-state index is 0. The van der Waals surface area contributed by atoms with Crippen LogP contribution in [0.25, 0.3) is 11.0 Å². The summed E-state index contributed by atoms with van der Waals surface area (Å²) in [5.74, 6) is 2.03. The number of nitrogens with zero attached hydrogens (tertiary/aromatic N) is 4. The van der Waals surface area contributed by atoms with Crippen LogP contribution in [-0.2, 0) is 17.9 Å². The van der Waals surface area contributed by atoms with Crippen LogP contribution in [0.3, 0.4) is 0 Å². The highest BCUT2D eigenvalue weighted by Crippen LogP contribution is 2.25. The number of aryl methyl sites for hydroxylation is 2. The molecule has 2 aromatic carbocycles. The minimum absolute atomic E-state index is 0. The number of hydrogen-bond donors (Lipinski definition) is 0. The summed E-state index contributed by atoms with van der Waals surface area (Å²) in [6.07, 6.45) is 11.2. The van der Waals surface area contributed by atoms with Gasteiger partial charge < -0.3 is 24.6 Å². The smallest absolute Gasteiger partial charge is 0.222 e. The third kappa shape index (κ3) is 9.48. The summed E-state index contributed by atoms with van der Waals surface area (Å²) in [4.78, 5) is 23.0. The molecule has 2 fully saturated rings. The van der Waals surface area contributed by atoms with E-state index in [1.165, 1.54) is 38.8 Å². The quantitative estimate of drug-likeness (QED) is 0.211. The lowest BCUT2D eigenvalue weighted by Crippen LogP contribution is -2.45. The summed E-state index contributed by atoms with van der Waals surface area (Å²) in [7, 11) is 0. The van der Waals surface area contributed by atoms with Crippen LogP contribution >= 0.6 is 36.4 Å². The Balaban J connectivity index is 0.00000205. The van der Waals surface area contributed by atoms with Crippen LogP contribution in [-0.4, -0.2) is 63.0 Å². The normalized spacial score (nSPS) is 17.2. The Morgan fingerprint density at radius 1 is 0.952 bits per heavy atom. The van der Waals surface area contributed by atoms with E-state index in [1.54, 1.807) is 0 Å². The molecule has 2 saturated heterocycles. The number of aromatic nitrogens is 2. The summed E-state index contributed by atoms with van der Waals surface area (Å²) in [5.41, 5.74) is 3.31. The highest BCUT2D eigenvalue weighted by Gasteiger charge is 2.27. The van der Waals surface area contributed by atoms with Gasteiger partial charge in [0.2, 0.25) is 5.91 Å². The van der Waals surface area contributed by atoms with Gasteiger partial charge in [0, 0.05) is 37.1 Å². The van der Waals surface area contributed by atoms with Gasteiger partial charge in [0.1, 0.15) is 18.2 Å². The number of fused-ring (bicyclic) bond motifs is 1. The first-order chi connectivity index (χ1) is 19.1. The largest absolute Gasteiger partial charge is 0.486 e. The second-order valence-electron chi connectivity index (χ2n) is 11.2. The van der Waals surface area contributed by atoms with Gasteiger partial charge in [-0.25, -0.2) is 4.98 Å². The summed E-state index contributed by atoms with van der Waals surface area (Å²) < 4.78 is 8.32. The first-order valence-electron chi connectivity index (χ1n) is 14.9. The lowest BCUT2D eigenvalue weighted by atomic mass is 9.97. The molecule has 2 aliphatic rings. The van der Waals surface area contributed by atoms with Crippen molar-refractivity contribution in [3.63, 3.8) is 0 Å². The number of rotatable bonds is 11. The molecule has 0 radical (unpaired) electrons. The lowest BCUT2D eigenvalue weighted by Gasteiger charge is -2.37. The van der Waals surface area contributed by atoms with E-state index in [4.69, 9.17) is 21.3 Å². The number of halogens is 3. The molecule has 7 nitrogen and oxygen atoms in total. The zero-order valence-corrected chi connectivity index (χ0v) is 27.1. The molecule has 5 rings (SSSR count). The van der Waals surface area contributed by atoms with Gasteiger partial charge in [-0.1, -0.05) is 30.2 Å². The number of imidazole rings is 1. The monoisotopic (exact) mass is 640 g/mol. The molecule has 0 aliphatic carbocycles. The SMILES string of the molecule is Cc1cccc2c1nc(COc1ccc(Cl)cc1)n2CCCCC(=O)N1CCCC[C@H]1CCN1CCCCC1.Cl.Cl.O. The fourth-order valence-electron chi connectivity index (χ4n) is 6.21. The van der Waals surface area contributed by atoms with E-state index >= 15 is 0 Å². The van der Waals surface area contributed by atoms with Gasteiger partial charge in [0.25, 0.3) is 0 Å². The number of hydrogen-bond acceptors (Lipinski definition) is 4. The summed E-state index contributed by atoms with van der Waals surface area (Å²) >= 11 is 6.02. The van der Waals surface area contributed by atoms with Crippen molar-refractivity contribution in [3.05, 3.63) is 58.9 Å². The van der Waals surface area contributed by atoms with Crippen LogP contribution in [0.15, 0.2) is 42.5 Å². The number of para-hydroxylation sites is 1. The molecule has 2 N–H and O–H groups in total. The highest BCUT2D eigenvalue weighted by molar-refractivity contribution is 6.30. The number of piperidine rings is 2. The number of benzene rings is 2. The Bertz CT molecular complexity index is 1230. The molecule has 0 saturated carbocycles. The maximum atomic E-state index is 13.3. The molecule has 3 heterocycles. The van der Waals surface area contributed by atoms with Crippen LogP contribution in [0.4, 0.5) is 0 Å². The van der Waals surface area contributed by atoms with E-state index in [9.17, 15) is 4.79 Å². The van der Waals surface area contributed by atoms with Gasteiger partial charge in [0.05, 0.1) is 11.0 Å². The first-order valence-corrected chi connectivity index (χ1v) is 15.3. The van der Waals surface area contributed by atoms with Crippen LogP contribution in [0, 0.1) is 6.92 Å². The van der Waals surface area contributed by atoms with Crippen LogP contribution in [0.5, 0.6) is 5.75 Å². The summed E-state index contributed by atoms with van der Waals surface area (Å²) in [6, 6.07) is 14.2. The van der Waals surface area contributed by atoms with Gasteiger partial charge in [-0.15, -0.1) is 24.8 Å². The lowest BCUT2D eigenvalue weighted by molar-refractivity contribution is -0.135. The predicted octanol–water partition coefficient (Wildman–Crippen LogP) is 7.02. The minimum Gasteiger partial charge on any atom is -0.486 e. The van der Waals surface area contributed by atoms with Gasteiger partial charge in [0.15, 0.2) is 0 Å². The van der Waals surface area contributed by atoms with Crippen molar-refractivity contribution in [1.82, 2.24) is 19.4 Å². The molecule has 10 heteroatoms. The third-order valence-corrected chi connectivity index (χ3v) is 8.69.